The summed E-state index contributed by atoms with van der Waals surface area (Å²) < 4.78 is 12.0. The Kier molecular flexibility index (Phi) is 4.17. The van der Waals surface area contributed by atoms with E-state index in [1.165, 1.54) is 0 Å². The minimum absolute atomic E-state index is 0.162. The van der Waals surface area contributed by atoms with Gasteiger partial charge in [-0.25, -0.2) is 4.79 Å². The monoisotopic (exact) mass is 360 g/mol. The molecule has 1 spiro atoms. The van der Waals surface area contributed by atoms with E-state index in [2.05, 4.69) is 5.32 Å². The number of carboxylic acids is 1. The number of fused-ring (bicyclic) bond motifs is 1. The Morgan fingerprint density at radius 1 is 1.19 bits per heavy atom. The molecule has 2 unspecified atom stereocenters. The first-order valence-corrected chi connectivity index (χ1v) is 9.25. The molecular formula is C19H24N2O5. The van der Waals surface area contributed by atoms with Crippen LogP contribution < -0.4 is 14.8 Å². The van der Waals surface area contributed by atoms with Crippen LogP contribution in [0, 0.1) is 11.8 Å². The average Bonchev–Trinajstić information content (AvgIpc) is 3.20. The minimum atomic E-state index is -0.848. The van der Waals surface area contributed by atoms with Crippen molar-refractivity contribution in [1.82, 2.24) is 4.90 Å². The molecule has 1 aromatic carbocycles. The summed E-state index contributed by atoms with van der Waals surface area (Å²) in [6, 6.07) is 5.10. The van der Waals surface area contributed by atoms with E-state index >= 15 is 0 Å². The number of aliphatic carboxylic acids is 1. The van der Waals surface area contributed by atoms with E-state index in [9.17, 15) is 14.7 Å². The van der Waals surface area contributed by atoms with E-state index in [4.69, 9.17) is 9.47 Å². The lowest BCUT2D eigenvalue weighted by atomic mass is 9.91. The molecule has 2 amide bonds. The zero-order valence-corrected chi connectivity index (χ0v) is 14.9. The SMILES string of the molecule is CC1CC(C(=O)O)CN(C(=O)Nc2ccc3c(c2)OC2(CCCC2)O3)C1. The van der Waals surface area contributed by atoms with E-state index in [1.807, 2.05) is 13.0 Å². The van der Waals surface area contributed by atoms with E-state index in [1.54, 1.807) is 17.0 Å². The first kappa shape index (κ1) is 17.0. The Hall–Kier alpha value is -2.44. The lowest BCUT2D eigenvalue weighted by molar-refractivity contribution is -0.143. The van der Waals surface area contributed by atoms with Gasteiger partial charge in [-0.15, -0.1) is 0 Å². The highest BCUT2D eigenvalue weighted by atomic mass is 16.7. The Balaban J connectivity index is 1.43. The minimum Gasteiger partial charge on any atom is -0.481 e. The predicted molar refractivity (Wildman–Crippen MR) is 94.4 cm³/mol. The number of likely N-dealkylation sites (tertiary alicyclic amines) is 1. The van der Waals surface area contributed by atoms with Gasteiger partial charge in [0.25, 0.3) is 5.79 Å². The Morgan fingerprint density at radius 2 is 1.92 bits per heavy atom. The predicted octanol–water partition coefficient (Wildman–Crippen LogP) is 3.30. The van der Waals surface area contributed by atoms with Crippen molar-refractivity contribution in [3.05, 3.63) is 18.2 Å². The normalized spacial score (nSPS) is 26.1. The van der Waals surface area contributed by atoms with Crippen LogP contribution in [0.25, 0.3) is 0 Å². The van der Waals surface area contributed by atoms with Crippen molar-refractivity contribution < 1.29 is 24.2 Å². The van der Waals surface area contributed by atoms with Gasteiger partial charge in [0.05, 0.1) is 5.92 Å². The number of hydrogen-bond donors (Lipinski definition) is 2. The number of benzene rings is 1. The number of nitrogens with one attached hydrogen (secondary N) is 1. The van der Waals surface area contributed by atoms with Crippen molar-refractivity contribution in [3.8, 4) is 11.5 Å². The standard InChI is InChI=1S/C19H24N2O5/c1-12-8-13(17(22)23)11-21(10-12)18(24)20-14-4-5-15-16(9-14)26-19(25-15)6-2-3-7-19/h4-5,9,12-13H,2-3,6-8,10-11H2,1H3,(H,20,24)(H,22,23). The van der Waals surface area contributed by atoms with Gasteiger partial charge in [0, 0.05) is 37.7 Å². The van der Waals surface area contributed by atoms with Crippen molar-refractivity contribution in [2.75, 3.05) is 18.4 Å². The summed E-state index contributed by atoms with van der Waals surface area (Å²) in [5.74, 6) is -0.359. The summed E-state index contributed by atoms with van der Waals surface area (Å²) in [7, 11) is 0. The molecule has 0 bridgehead atoms. The molecule has 2 fully saturated rings. The highest BCUT2D eigenvalue weighted by Crippen LogP contribution is 2.47. The van der Waals surface area contributed by atoms with Gasteiger partial charge in [0.2, 0.25) is 0 Å². The Labute approximate surface area is 152 Å². The zero-order valence-electron chi connectivity index (χ0n) is 14.9. The molecule has 3 aliphatic rings. The van der Waals surface area contributed by atoms with Crippen molar-refractivity contribution in [2.45, 2.75) is 44.8 Å². The second kappa shape index (κ2) is 6.37. The topological polar surface area (TPSA) is 88.1 Å². The largest absolute Gasteiger partial charge is 0.481 e. The van der Waals surface area contributed by atoms with Crippen LogP contribution in [0.3, 0.4) is 0 Å². The fraction of sp³-hybridized carbons (Fsp3) is 0.579. The van der Waals surface area contributed by atoms with Crippen LogP contribution in [0.1, 0.15) is 39.0 Å². The second-order valence-electron chi connectivity index (χ2n) is 7.69. The summed E-state index contributed by atoms with van der Waals surface area (Å²) in [6.45, 7) is 2.76. The molecule has 140 valence electrons. The van der Waals surface area contributed by atoms with Gasteiger partial charge < -0.3 is 24.8 Å². The van der Waals surface area contributed by atoms with Crippen LogP contribution in [0.4, 0.5) is 10.5 Å². The average molecular weight is 360 g/mol. The molecule has 2 N–H and O–H groups in total. The number of carboxylic acid groups (broad SMARTS) is 1. The lowest BCUT2D eigenvalue weighted by Crippen LogP contribution is -2.47. The van der Waals surface area contributed by atoms with Gasteiger partial charge in [0.15, 0.2) is 11.5 Å². The highest BCUT2D eigenvalue weighted by molar-refractivity contribution is 5.90. The van der Waals surface area contributed by atoms with Crippen molar-refractivity contribution in [1.29, 1.82) is 0 Å². The molecule has 4 rings (SSSR count). The quantitative estimate of drug-likeness (QED) is 0.845. The first-order valence-electron chi connectivity index (χ1n) is 9.25. The number of nitrogens with zero attached hydrogens (tertiary/aromatic N) is 1. The third-order valence-corrected chi connectivity index (χ3v) is 5.45. The molecule has 1 saturated carbocycles. The fourth-order valence-corrected chi connectivity index (χ4v) is 4.19. The molecule has 0 aromatic heterocycles. The number of urea groups is 1. The number of rotatable bonds is 2. The smallest absolute Gasteiger partial charge is 0.321 e. The Bertz CT molecular complexity index is 729. The third-order valence-electron chi connectivity index (χ3n) is 5.45. The van der Waals surface area contributed by atoms with Gasteiger partial charge in [-0.2, -0.15) is 0 Å². The van der Waals surface area contributed by atoms with Gasteiger partial charge in [0.1, 0.15) is 0 Å². The molecule has 7 heteroatoms. The van der Waals surface area contributed by atoms with Crippen LogP contribution in [-0.2, 0) is 4.79 Å². The number of amides is 2. The maximum Gasteiger partial charge on any atom is 0.321 e. The molecule has 1 aliphatic carbocycles. The number of carbonyl (C=O) groups excluding carboxylic acids is 1. The molecular weight excluding hydrogens is 336 g/mol. The van der Waals surface area contributed by atoms with Gasteiger partial charge in [-0.3, -0.25) is 4.79 Å². The number of carbonyl (C=O) groups is 2. The summed E-state index contributed by atoms with van der Waals surface area (Å²) >= 11 is 0. The summed E-state index contributed by atoms with van der Waals surface area (Å²) in [4.78, 5) is 25.4. The van der Waals surface area contributed by atoms with Crippen LogP contribution in [-0.4, -0.2) is 40.9 Å². The van der Waals surface area contributed by atoms with E-state index in [0.29, 0.717) is 30.2 Å². The van der Waals surface area contributed by atoms with E-state index in [0.717, 1.165) is 25.7 Å². The van der Waals surface area contributed by atoms with Crippen LogP contribution in [0.5, 0.6) is 11.5 Å². The van der Waals surface area contributed by atoms with E-state index in [-0.39, 0.29) is 18.5 Å². The number of piperidine rings is 1. The van der Waals surface area contributed by atoms with Crippen molar-refractivity contribution >= 4 is 17.7 Å². The maximum absolute atomic E-state index is 12.6. The van der Waals surface area contributed by atoms with Gasteiger partial charge in [-0.1, -0.05) is 6.92 Å². The second-order valence-corrected chi connectivity index (χ2v) is 7.69. The molecule has 0 radical (unpaired) electrons. The zero-order chi connectivity index (χ0) is 18.3. The molecule has 2 aliphatic heterocycles. The first-order chi connectivity index (χ1) is 12.4. The maximum atomic E-state index is 12.6. The summed E-state index contributed by atoms with van der Waals surface area (Å²) in [5.41, 5.74) is 0.623. The molecule has 7 nitrogen and oxygen atoms in total. The van der Waals surface area contributed by atoms with Gasteiger partial charge >= 0.3 is 12.0 Å². The van der Waals surface area contributed by atoms with Crippen LogP contribution in [0.2, 0.25) is 0 Å². The van der Waals surface area contributed by atoms with Crippen molar-refractivity contribution in [3.63, 3.8) is 0 Å². The number of anilines is 1. The molecule has 26 heavy (non-hydrogen) atoms. The highest BCUT2D eigenvalue weighted by Gasteiger charge is 2.44. The van der Waals surface area contributed by atoms with Crippen molar-refractivity contribution in [2.24, 2.45) is 11.8 Å². The van der Waals surface area contributed by atoms with E-state index < -0.39 is 17.7 Å². The fourth-order valence-electron chi connectivity index (χ4n) is 4.19. The summed E-state index contributed by atoms with van der Waals surface area (Å²) in [5, 5.41) is 12.1. The number of hydrogen-bond acceptors (Lipinski definition) is 4. The lowest BCUT2D eigenvalue weighted by Gasteiger charge is -2.34. The van der Waals surface area contributed by atoms with Gasteiger partial charge in [-0.05, 0) is 37.3 Å². The molecule has 2 atom stereocenters. The molecule has 1 aromatic rings. The Morgan fingerprint density at radius 3 is 2.65 bits per heavy atom. The molecule has 1 saturated heterocycles. The molecule has 2 heterocycles. The number of ether oxygens (including phenoxy) is 2. The van der Waals surface area contributed by atoms with Crippen LogP contribution >= 0.6 is 0 Å². The van der Waals surface area contributed by atoms with Crippen LogP contribution in [0.15, 0.2) is 18.2 Å². The summed E-state index contributed by atoms with van der Waals surface area (Å²) in [6.07, 6.45) is 4.55. The third kappa shape index (κ3) is 3.18.